The van der Waals surface area contributed by atoms with Crippen LogP contribution in [0.5, 0.6) is 5.88 Å². The van der Waals surface area contributed by atoms with Gasteiger partial charge in [-0.2, -0.15) is 0 Å². The molecule has 28 heavy (non-hydrogen) atoms. The van der Waals surface area contributed by atoms with Crippen LogP contribution < -0.4 is 10.2 Å². The molecule has 146 valence electrons. The smallest absolute Gasteiger partial charge is 0.341 e. The maximum atomic E-state index is 13.2. The Kier molecular flexibility index (Phi) is 5.49. The number of methoxy groups -OCH3 is 1. The van der Waals surface area contributed by atoms with Crippen molar-refractivity contribution in [3.05, 3.63) is 62.0 Å². The van der Waals surface area contributed by atoms with Crippen molar-refractivity contribution in [2.75, 3.05) is 7.11 Å². The molecule has 3 rings (SSSR count). The van der Waals surface area contributed by atoms with Gasteiger partial charge in [0.15, 0.2) is 0 Å². The lowest BCUT2D eigenvalue weighted by Crippen LogP contribution is -2.28. The number of pyridine rings is 1. The minimum atomic E-state index is -1.34. The van der Waals surface area contributed by atoms with Crippen molar-refractivity contribution in [3.8, 4) is 22.8 Å². The van der Waals surface area contributed by atoms with Gasteiger partial charge in [-0.05, 0) is 26.0 Å². The number of rotatable bonds is 5. The van der Waals surface area contributed by atoms with E-state index in [1.807, 2.05) is 6.92 Å². The summed E-state index contributed by atoms with van der Waals surface area (Å²) in [5, 5.41) is 14.6. The van der Waals surface area contributed by atoms with Gasteiger partial charge in [-0.3, -0.25) is 4.79 Å². The Morgan fingerprint density at radius 2 is 1.96 bits per heavy atom. The summed E-state index contributed by atoms with van der Waals surface area (Å²) in [4.78, 5) is 25.3. The molecule has 0 bridgehead atoms. The molecule has 2 aromatic heterocycles. The largest absolute Gasteiger partial charge is 0.480 e. The summed E-state index contributed by atoms with van der Waals surface area (Å²) in [6.45, 7) is 4.02. The molecule has 0 aliphatic carbocycles. The van der Waals surface area contributed by atoms with Crippen molar-refractivity contribution in [2.45, 2.75) is 20.4 Å². The molecule has 7 nitrogen and oxygen atoms in total. The number of benzene rings is 1. The number of aromatic nitrogens is 3. The summed E-state index contributed by atoms with van der Waals surface area (Å²) in [5.74, 6) is -1.03. The third kappa shape index (κ3) is 3.27. The second kappa shape index (κ2) is 7.69. The first-order valence-corrected chi connectivity index (χ1v) is 9.11. The van der Waals surface area contributed by atoms with Crippen LogP contribution in [-0.4, -0.2) is 32.5 Å². The number of carbonyl (C=O) groups is 1. The highest BCUT2D eigenvalue weighted by Gasteiger charge is 2.26. The fraction of sp³-hybridized carbons (Fsp3) is 0.211. The number of hydrogen-bond donors (Lipinski definition) is 1. The van der Waals surface area contributed by atoms with Crippen LogP contribution in [0, 0.1) is 6.92 Å². The summed E-state index contributed by atoms with van der Waals surface area (Å²) in [5.41, 5.74) is 0.435. The number of aromatic carboxylic acids is 1. The lowest BCUT2D eigenvalue weighted by molar-refractivity contribution is 0.0695. The van der Waals surface area contributed by atoms with Gasteiger partial charge >= 0.3 is 5.97 Å². The summed E-state index contributed by atoms with van der Waals surface area (Å²) in [6, 6.07) is 6.34. The maximum Gasteiger partial charge on any atom is 0.341 e. The quantitative estimate of drug-likeness (QED) is 0.671. The SMILES string of the molecule is CCn1c(C)c(-n2ccc(OC)n2)c(=O)c(C(=O)O)c1-c1ccc(Cl)c(Cl)c1. The number of carboxylic acids is 1. The van der Waals surface area contributed by atoms with Gasteiger partial charge in [0.2, 0.25) is 11.3 Å². The van der Waals surface area contributed by atoms with E-state index in [4.69, 9.17) is 27.9 Å². The molecule has 0 spiro atoms. The molecule has 1 aromatic carbocycles. The van der Waals surface area contributed by atoms with E-state index in [1.54, 1.807) is 42.0 Å². The van der Waals surface area contributed by atoms with E-state index >= 15 is 0 Å². The van der Waals surface area contributed by atoms with Crippen LogP contribution in [0.3, 0.4) is 0 Å². The van der Waals surface area contributed by atoms with Crippen LogP contribution in [0.15, 0.2) is 35.3 Å². The second-order valence-electron chi connectivity index (χ2n) is 5.97. The fourth-order valence-electron chi connectivity index (χ4n) is 3.17. The first-order chi connectivity index (χ1) is 13.3. The van der Waals surface area contributed by atoms with Crippen molar-refractivity contribution in [1.82, 2.24) is 14.3 Å². The lowest BCUT2D eigenvalue weighted by Gasteiger charge is -2.21. The average Bonchev–Trinajstić information content (AvgIpc) is 3.12. The highest BCUT2D eigenvalue weighted by molar-refractivity contribution is 6.42. The van der Waals surface area contributed by atoms with Gasteiger partial charge in [0.05, 0.1) is 22.8 Å². The van der Waals surface area contributed by atoms with E-state index in [0.717, 1.165) is 0 Å². The summed E-state index contributed by atoms with van der Waals surface area (Å²) in [7, 11) is 1.46. The van der Waals surface area contributed by atoms with Gasteiger partial charge in [-0.1, -0.05) is 29.3 Å². The molecule has 0 radical (unpaired) electrons. The van der Waals surface area contributed by atoms with Gasteiger partial charge in [0.1, 0.15) is 11.3 Å². The Bertz CT molecular complexity index is 1130. The topological polar surface area (TPSA) is 86.4 Å². The third-order valence-corrected chi connectivity index (χ3v) is 5.16. The van der Waals surface area contributed by atoms with E-state index in [1.165, 1.54) is 11.8 Å². The first-order valence-electron chi connectivity index (χ1n) is 8.36. The minimum absolute atomic E-state index is 0.145. The van der Waals surface area contributed by atoms with Gasteiger partial charge in [-0.25, -0.2) is 9.48 Å². The highest BCUT2D eigenvalue weighted by Crippen LogP contribution is 2.31. The van der Waals surface area contributed by atoms with Gasteiger partial charge in [0, 0.05) is 30.1 Å². The molecule has 2 heterocycles. The predicted molar refractivity (Wildman–Crippen MR) is 107 cm³/mol. The molecule has 1 N–H and O–H groups in total. The Morgan fingerprint density at radius 3 is 2.50 bits per heavy atom. The standard InChI is InChI=1S/C19H17Cl2N3O4/c1-4-23-10(2)16(24-8-7-14(22-24)28-3)18(25)15(19(26)27)17(23)11-5-6-12(20)13(21)9-11/h5-9H,4H2,1-3H3,(H,26,27). The first kappa shape index (κ1) is 20.0. The number of nitrogens with zero attached hydrogens (tertiary/aromatic N) is 3. The van der Waals surface area contributed by atoms with E-state index in [0.29, 0.717) is 28.7 Å². The monoisotopic (exact) mass is 421 g/mol. The van der Waals surface area contributed by atoms with E-state index in [9.17, 15) is 14.7 Å². The van der Waals surface area contributed by atoms with Crippen LogP contribution in [0.1, 0.15) is 23.0 Å². The molecular weight excluding hydrogens is 405 g/mol. The normalized spacial score (nSPS) is 10.9. The zero-order chi connectivity index (χ0) is 20.6. The van der Waals surface area contributed by atoms with Crippen molar-refractivity contribution < 1.29 is 14.6 Å². The average molecular weight is 422 g/mol. The second-order valence-corrected chi connectivity index (χ2v) is 6.78. The zero-order valence-corrected chi connectivity index (χ0v) is 16.9. The third-order valence-electron chi connectivity index (χ3n) is 4.42. The minimum Gasteiger partial charge on any atom is -0.480 e. The lowest BCUT2D eigenvalue weighted by atomic mass is 10.0. The summed E-state index contributed by atoms with van der Waals surface area (Å²) < 4.78 is 8.13. The van der Waals surface area contributed by atoms with Gasteiger partial charge in [0.25, 0.3) is 0 Å². The Labute approximate surface area is 170 Å². The van der Waals surface area contributed by atoms with Gasteiger partial charge < -0.3 is 14.4 Å². The van der Waals surface area contributed by atoms with E-state index < -0.39 is 11.4 Å². The maximum absolute atomic E-state index is 13.2. The van der Waals surface area contributed by atoms with Crippen LogP contribution in [0.4, 0.5) is 0 Å². The summed E-state index contributed by atoms with van der Waals surface area (Å²) in [6.07, 6.45) is 1.55. The Morgan fingerprint density at radius 1 is 1.25 bits per heavy atom. The number of halogens is 2. The van der Waals surface area contributed by atoms with Crippen LogP contribution in [0.25, 0.3) is 16.9 Å². The van der Waals surface area contributed by atoms with Crippen LogP contribution in [-0.2, 0) is 6.54 Å². The molecule has 0 saturated heterocycles. The number of hydrogen-bond acceptors (Lipinski definition) is 4. The fourth-order valence-corrected chi connectivity index (χ4v) is 3.47. The molecule has 0 aliphatic rings. The molecule has 0 atom stereocenters. The van der Waals surface area contributed by atoms with Crippen molar-refractivity contribution >= 4 is 29.2 Å². The number of ether oxygens (including phenoxy) is 1. The summed E-state index contributed by atoms with van der Waals surface area (Å²) >= 11 is 12.1. The van der Waals surface area contributed by atoms with Crippen LogP contribution >= 0.6 is 23.2 Å². The molecular formula is C19H17Cl2N3O4. The highest BCUT2D eigenvalue weighted by atomic mass is 35.5. The van der Waals surface area contributed by atoms with Crippen molar-refractivity contribution in [1.29, 1.82) is 0 Å². The molecule has 0 amide bonds. The molecule has 0 fully saturated rings. The predicted octanol–water partition coefficient (Wildman–Crippen LogP) is 4.04. The van der Waals surface area contributed by atoms with Crippen molar-refractivity contribution in [3.63, 3.8) is 0 Å². The molecule has 9 heteroatoms. The molecule has 0 unspecified atom stereocenters. The molecule has 3 aromatic rings. The Hall–Kier alpha value is -2.77. The molecule has 0 saturated carbocycles. The van der Waals surface area contributed by atoms with E-state index in [-0.39, 0.29) is 22.0 Å². The zero-order valence-electron chi connectivity index (χ0n) is 15.4. The Balaban J connectivity index is 2.42. The van der Waals surface area contributed by atoms with Crippen LogP contribution in [0.2, 0.25) is 10.0 Å². The van der Waals surface area contributed by atoms with E-state index in [2.05, 4.69) is 5.10 Å². The van der Waals surface area contributed by atoms with Crippen molar-refractivity contribution in [2.24, 2.45) is 0 Å². The number of carboxylic acid groups (broad SMARTS) is 1. The van der Waals surface area contributed by atoms with Gasteiger partial charge in [-0.15, -0.1) is 5.10 Å². The molecule has 0 aliphatic heterocycles.